The van der Waals surface area contributed by atoms with Gasteiger partial charge in [0.05, 0.1) is 22.8 Å². The van der Waals surface area contributed by atoms with Gasteiger partial charge in [-0.1, -0.05) is 24.3 Å². The van der Waals surface area contributed by atoms with Crippen LogP contribution in [0.4, 0.5) is 0 Å². The van der Waals surface area contributed by atoms with Crippen molar-refractivity contribution in [2.75, 3.05) is 0 Å². The summed E-state index contributed by atoms with van der Waals surface area (Å²) in [5.41, 5.74) is 0.951. The van der Waals surface area contributed by atoms with E-state index in [0.29, 0.717) is 5.56 Å². The molecule has 2 aromatic carbocycles. The van der Waals surface area contributed by atoms with E-state index in [4.69, 9.17) is 14.6 Å². The Morgan fingerprint density at radius 3 is 2.14 bits per heavy atom. The van der Waals surface area contributed by atoms with Gasteiger partial charge in [0.2, 0.25) is 0 Å². The molecule has 0 amide bonds. The largest absolute Gasteiger partial charge is 0.494 e. The zero-order valence-corrected chi connectivity index (χ0v) is 12.8. The average Bonchev–Trinajstić information content (AvgIpc) is 2.66. The molecule has 0 atom stereocenters. The third kappa shape index (κ3) is 2.33. The highest BCUT2D eigenvalue weighted by Crippen LogP contribution is 2.36. The molecule has 21 heavy (non-hydrogen) atoms. The Morgan fingerprint density at radius 2 is 1.52 bits per heavy atom. The number of benzene rings is 2. The van der Waals surface area contributed by atoms with Crippen LogP contribution in [0.5, 0.6) is 0 Å². The molecule has 0 aromatic heterocycles. The van der Waals surface area contributed by atoms with E-state index in [-0.39, 0.29) is 18.3 Å². The molecule has 2 aromatic rings. The molecule has 0 saturated carbocycles. The number of fused-ring (bicyclic) bond motifs is 1. The van der Waals surface area contributed by atoms with Crippen molar-refractivity contribution in [3.05, 3.63) is 42.0 Å². The molecule has 106 valence electrons. The van der Waals surface area contributed by atoms with Gasteiger partial charge in [0, 0.05) is 0 Å². The second-order valence-corrected chi connectivity index (χ2v) is 6.52. The standard InChI is InChI=1S/C17H18BNO2/c1-16(2)17(3,4)21-18(20-16)15-8-7-13-6-5-12(11-19)9-14(13)10-15/h5-10H,1-4H3. The topological polar surface area (TPSA) is 42.2 Å². The maximum Gasteiger partial charge on any atom is 0.494 e. The van der Waals surface area contributed by atoms with Crippen molar-refractivity contribution in [2.45, 2.75) is 38.9 Å². The molecule has 0 spiro atoms. The van der Waals surface area contributed by atoms with E-state index in [1.54, 1.807) is 0 Å². The third-order valence-electron chi connectivity index (χ3n) is 4.52. The molecule has 0 radical (unpaired) electrons. The first-order valence-corrected chi connectivity index (χ1v) is 7.12. The van der Waals surface area contributed by atoms with Crippen molar-refractivity contribution >= 4 is 23.4 Å². The molecule has 1 saturated heterocycles. The van der Waals surface area contributed by atoms with E-state index >= 15 is 0 Å². The molecule has 0 N–H and O–H groups in total. The van der Waals surface area contributed by atoms with Crippen LogP contribution in [0.2, 0.25) is 0 Å². The Balaban J connectivity index is 2.01. The summed E-state index contributed by atoms with van der Waals surface area (Å²) in [6, 6.07) is 14.0. The van der Waals surface area contributed by atoms with Gasteiger partial charge in [-0.15, -0.1) is 0 Å². The van der Waals surface area contributed by atoms with Crippen LogP contribution in [0.3, 0.4) is 0 Å². The van der Waals surface area contributed by atoms with E-state index in [9.17, 15) is 0 Å². The average molecular weight is 279 g/mol. The molecular formula is C17H18BNO2. The van der Waals surface area contributed by atoms with Gasteiger partial charge < -0.3 is 9.31 Å². The monoisotopic (exact) mass is 279 g/mol. The van der Waals surface area contributed by atoms with Crippen molar-refractivity contribution in [3.63, 3.8) is 0 Å². The Bertz CT molecular complexity index is 730. The lowest BCUT2D eigenvalue weighted by Crippen LogP contribution is -2.41. The number of hydrogen-bond donors (Lipinski definition) is 0. The van der Waals surface area contributed by atoms with Crippen LogP contribution in [0, 0.1) is 11.3 Å². The van der Waals surface area contributed by atoms with Gasteiger partial charge in [0.15, 0.2) is 0 Å². The molecule has 1 fully saturated rings. The first kappa shape index (κ1) is 14.1. The van der Waals surface area contributed by atoms with E-state index in [0.717, 1.165) is 16.2 Å². The highest BCUT2D eigenvalue weighted by atomic mass is 16.7. The van der Waals surface area contributed by atoms with Crippen LogP contribution in [0.1, 0.15) is 33.3 Å². The minimum Gasteiger partial charge on any atom is -0.399 e. The summed E-state index contributed by atoms with van der Waals surface area (Å²) in [4.78, 5) is 0. The molecule has 0 aliphatic carbocycles. The van der Waals surface area contributed by atoms with Crippen LogP contribution in [0.25, 0.3) is 10.8 Å². The van der Waals surface area contributed by atoms with E-state index in [1.807, 2.05) is 64.1 Å². The predicted octanol–water partition coefficient (Wildman–Crippen LogP) is 3.01. The van der Waals surface area contributed by atoms with Crippen molar-refractivity contribution in [3.8, 4) is 6.07 Å². The lowest BCUT2D eigenvalue weighted by Gasteiger charge is -2.32. The normalized spacial score (nSPS) is 19.7. The molecule has 4 heteroatoms. The predicted molar refractivity (Wildman–Crippen MR) is 84.4 cm³/mol. The zero-order chi connectivity index (χ0) is 15.3. The molecule has 3 nitrogen and oxygen atoms in total. The van der Waals surface area contributed by atoms with E-state index < -0.39 is 0 Å². The van der Waals surface area contributed by atoms with Crippen LogP contribution < -0.4 is 5.46 Å². The van der Waals surface area contributed by atoms with Gasteiger partial charge in [0.25, 0.3) is 0 Å². The van der Waals surface area contributed by atoms with Crippen molar-refractivity contribution in [1.82, 2.24) is 0 Å². The minimum absolute atomic E-state index is 0.346. The van der Waals surface area contributed by atoms with Gasteiger partial charge in [-0.25, -0.2) is 0 Å². The second-order valence-electron chi connectivity index (χ2n) is 6.52. The fourth-order valence-electron chi connectivity index (χ4n) is 2.46. The molecular weight excluding hydrogens is 261 g/mol. The van der Waals surface area contributed by atoms with Crippen molar-refractivity contribution in [2.24, 2.45) is 0 Å². The van der Waals surface area contributed by atoms with Crippen LogP contribution in [0.15, 0.2) is 36.4 Å². The van der Waals surface area contributed by atoms with Gasteiger partial charge in [-0.3, -0.25) is 0 Å². The number of rotatable bonds is 1. The Morgan fingerprint density at radius 1 is 0.905 bits per heavy atom. The van der Waals surface area contributed by atoms with Crippen molar-refractivity contribution < 1.29 is 9.31 Å². The van der Waals surface area contributed by atoms with Crippen LogP contribution in [-0.2, 0) is 9.31 Å². The Kier molecular flexibility index (Phi) is 3.09. The summed E-state index contributed by atoms with van der Waals surface area (Å²) in [6.07, 6.45) is 0. The summed E-state index contributed by atoms with van der Waals surface area (Å²) in [5.74, 6) is 0. The lowest BCUT2D eigenvalue weighted by atomic mass is 9.78. The number of hydrogen-bond acceptors (Lipinski definition) is 3. The van der Waals surface area contributed by atoms with Gasteiger partial charge in [-0.05, 0) is 56.1 Å². The second kappa shape index (κ2) is 4.59. The molecule has 0 unspecified atom stereocenters. The zero-order valence-electron chi connectivity index (χ0n) is 12.8. The highest BCUT2D eigenvalue weighted by molar-refractivity contribution is 6.62. The quantitative estimate of drug-likeness (QED) is 0.753. The maximum atomic E-state index is 9.02. The van der Waals surface area contributed by atoms with E-state index in [2.05, 4.69) is 6.07 Å². The molecule has 1 heterocycles. The third-order valence-corrected chi connectivity index (χ3v) is 4.52. The van der Waals surface area contributed by atoms with Crippen LogP contribution in [-0.4, -0.2) is 18.3 Å². The fraction of sp³-hybridized carbons (Fsp3) is 0.353. The Hall–Kier alpha value is -1.83. The van der Waals surface area contributed by atoms with Gasteiger partial charge in [0.1, 0.15) is 0 Å². The number of nitrogens with zero attached hydrogens (tertiary/aromatic N) is 1. The first-order valence-electron chi connectivity index (χ1n) is 7.12. The smallest absolute Gasteiger partial charge is 0.399 e. The summed E-state index contributed by atoms with van der Waals surface area (Å²) in [7, 11) is -0.370. The lowest BCUT2D eigenvalue weighted by molar-refractivity contribution is 0.00578. The molecule has 1 aliphatic heterocycles. The molecule has 0 bridgehead atoms. The minimum atomic E-state index is -0.370. The molecule has 1 aliphatic rings. The van der Waals surface area contributed by atoms with Crippen molar-refractivity contribution in [1.29, 1.82) is 5.26 Å². The highest BCUT2D eigenvalue weighted by Gasteiger charge is 2.51. The SMILES string of the molecule is CC1(C)OB(c2ccc3ccc(C#N)cc3c2)OC1(C)C. The summed E-state index contributed by atoms with van der Waals surface area (Å²) >= 11 is 0. The maximum absolute atomic E-state index is 9.02. The Labute approximate surface area is 125 Å². The summed E-state index contributed by atoms with van der Waals surface area (Å²) in [5, 5.41) is 11.2. The first-order chi connectivity index (χ1) is 9.82. The molecule has 3 rings (SSSR count). The summed E-state index contributed by atoms with van der Waals surface area (Å²) in [6.45, 7) is 8.17. The fourth-order valence-corrected chi connectivity index (χ4v) is 2.46. The summed E-state index contributed by atoms with van der Waals surface area (Å²) < 4.78 is 12.1. The van der Waals surface area contributed by atoms with Crippen LogP contribution >= 0.6 is 0 Å². The van der Waals surface area contributed by atoms with Gasteiger partial charge >= 0.3 is 7.12 Å². The van der Waals surface area contributed by atoms with E-state index in [1.165, 1.54) is 0 Å². The number of nitriles is 1. The van der Waals surface area contributed by atoms with Gasteiger partial charge in [-0.2, -0.15) is 5.26 Å².